The number of hydrogen-bond acceptors (Lipinski definition) is 7. The molecule has 2 aromatic heterocycles. The van der Waals surface area contributed by atoms with E-state index in [1.165, 1.54) is 32.1 Å². The number of carbonyl (C=O) groups excluding carboxylic acids is 1. The molecule has 0 bridgehead atoms. The summed E-state index contributed by atoms with van der Waals surface area (Å²) in [5.74, 6) is 0.946. The van der Waals surface area contributed by atoms with Crippen LogP contribution >= 0.6 is 22.9 Å². The molecule has 6 rings (SSSR count). The van der Waals surface area contributed by atoms with Crippen molar-refractivity contribution in [3.63, 3.8) is 0 Å². The van der Waals surface area contributed by atoms with E-state index < -0.39 is 0 Å². The molecule has 10 heteroatoms. The van der Waals surface area contributed by atoms with E-state index in [0.717, 1.165) is 80.3 Å². The Morgan fingerprint density at radius 2 is 1.77 bits per heavy atom. The fourth-order valence-electron chi connectivity index (χ4n) is 7.83. The number of hydrogen-bond donors (Lipinski definition) is 2. The highest BCUT2D eigenvalue weighted by Crippen LogP contribution is 2.47. The summed E-state index contributed by atoms with van der Waals surface area (Å²) < 4.78 is 2.03. The van der Waals surface area contributed by atoms with Gasteiger partial charge < -0.3 is 15.5 Å². The molecule has 2 N–H and O–H groups in total. The number of nitrogens with one attached hydrogen (secondary N) is 2. The summed E-state index contributed by atoms with van der Waals surface area (Å²) in [5.41, 5.74) is 1.34. The molecule has 232 valence electrons. The van der Waals surface area contributed by atoms with Crippen molar-refractivity contribution in [2.75, 3.05) is 13.1 Å². The summed E-state index contributed by atoms with van der Waals surface area (Å²) in [6, 6.07) is 8.61. The maximum Gasteiger partial charge on any atom is 0.240 e. The molecule has 1 amide bonds. The van der Waals surface area contributed by atoms with E-state index in [1.807, 2.05) is 34.7 Å². The average Bonchev–Trinajstić information content (AvgIpc) is 3.77. The van der Waals surface area contributed by atoms with Gasteiger partial charge in [-0.25, -0.2) is 9.97 Å². The Kier molecular flexibility index (Phi) is 10.4. The van der Waals surface area contributed by atoms with Crippen LogP contribution in [0, 0.1) is 11.3 Å². The topological polar surface area (TPSA) is 88.0 Å². The smallest absolute Gasteiger partial charge is 0.240 e. The minimum atomic E-state index is -0.233. The Bertz CT molecular complexity index is 1250. The van der Waals surface area contributed by atoms with Gasteiger partial charge in [-0.1, -0.05) is 43.0 Å². The van der Waals surface area contributed by atoms with Crippen LogP contribution in [0.15, 0.2) is 48.5 Å². The van der Waals surface area contributed by atoms with Gasteiger partial charge in [-0.05, 0) is 86.8 Å². The average molecular weight is 624 g/mol. The van der Waals surface area contributed by atoms with E-state index in [0.29, 0.717) is 24.4 Å². The molecule has 3 fully saturated rings. The first-order chi connectivity index (χ1) is 21.1. The zero-order valence-electron chi connectivity index (χ0n) is 25.2. The molecular formula is C33H46ClN7OS. The lowest BCUT2D eigenvalue weighted by molar-refractivity contribution is -0.137. The van der Waals surface area contributed by atoms with Crippen LogP contribution in [0.2, 0.25) is 5.02 Å². The molecule has 1 saturated heterocycles. The zero-order chi connectivity index (χ0) is 29.5. The third-order valence-corrected chi connectivity index (χ3v) is 11.4. The molecule has 8 nitrogen and oxygen atoms in total. The van der Waals surface area contributed by atoms with Crippen molar-refractivity contribution in [2.24, 2.45) is 11.3 Å². The Hall–Kier alpha value is -2.33. The van der Waals surface area contributed by atoms with E-state index in [9.17, 15) is 4.79 Å². The normalized spacial score (nSPS) is 23.7. The number of piperidine rings is 1. The van der Waals surface area contributed by atoms with Crippen molar-refractivity contribution in [3.8, 4) is 0 Å². The number of nitrogens with zero attached hydrogens (tertiary/aromatic N) is 5. The van der Waals surface area contributed by atoms with Crippen molar-refractivity contribution >= 4 is 28.8 Å². The number of benzene rings is 1. The van der Waals surface area contributed by atoms with Gasteiger partial charge in [0.1, 0.15) is 17.7 Å². The van der Waals surface area contributed by atoms with Gasteiger partial charge in [-0.2, -0.15) is 5.10 Å². The number of likely N-dealkylation sites (tertiary alicyclic amines) is 1. The monoisotopic (exact) mass is 623 g/mol. The highest BCUT2D eigenvalue weighted by Gasteiger charge is 2.44. The minimum Gasteiger partial charge on any atom is -0.341 e. The lowest BCUT2D eigenvalue weighted by Gasteiger charge is -2.48. The summed E-state index contributed by atoms with van der Waals surface area (Å²) in [6.07, 6.45) is 19.1. The Morgan fingerprint density at radius 3 is 2.44 bits per heavy atom. The number of carbonyl (C=O) groups is 1. The van der Waals surface area contributed by atoms with Crippen LogP contribution in [0.1, 0.15) is 81.2 Å². The van der Waals surface area contributed by atoms with Crippen LogP contribution in [0.3, 0.4) is 0 Å². The molecule has 0 unspecified atom stereocenters. The summed E-state index contributed by atoms with van der Waals surface area (Å²) in [7, 11) is 0. The quantitative estimate of drug-likeness (QED) is 0.277. The fourth-order valence-corrected chi connectivity index (χ4v) is 8.53. The predicted octanol–water partition coefficient (Wildman–Crippen LogP) is 5.88. The Labute approximate surface area is 265 Å². The molecule has 1 atom stereocenters. The van der Waals surface area contributed by atoms with E-state index in [1.54, 1.807) is 17.7 Å². The van der Waals surface area contributed by atoms with Gasteiger partial charge in [0.2, 0.25) is 5.91 Å². The number of amides is 1. The highest BCUT2D eigenvalue weighted by molar-refractivity contribution is 7.09. The van der Waals surface area contributed by atoms with Crippen LogP contribution in [0.25, 0.3) is 0 Å². The third-order valence-electron chi connectivity index (χ3n) is 10.3. The van der Waals surface area contributed by atoms with Crippen LogP contribution < -0.4 is 10.6 Å². The van der Waals surface area contributed by atoms with Crippen molar-refractivity contribution in [1.29, 1.82) is 0 Å². The number of halogens is 1. The largest absolute Gasteiger partial charge is 0.341 e. The molecule has 2 aliphatic carbocycles. The first-order valence-electron chi connectivity index (χ1n) is 16.3. The lowest BCUT2D eigenvalue weighted by Crippen LogP contribution is -2.56. The highest BCUT2D eigenvalue weighted by atomic mass is 35.5. The van der Waals surface area contributed by atoms with E-state index in [-0.39, 0.29) is 17.4 Å². The molecule has 3 aromatic rings. The van der Waals surface area contributed by atoms with Gasteiger partial charge in [0, 0.05) is 54.9 Å². The predicted molar refractivity (Wildman–Crippen MR) is 172 cm³/mol. The molecule has 1 aliphatic heterocycles. The first kappa shape index (κ1) is 30.7. The van der Waals surface area contributed by atoms with Crippen molar-refractivity contribution < 1.29 is 4.79 Å². The molecular weight excluding hydrogens is 578 g/mol. The number of rotatable bonds is 11. The van der Waals surface area contributed by atoms with Gasteiger partial charge in [-0.3, -0.25) is 9.48 Å². The molecule has 0 radical (unpaired) electrons. The summed E-state index contributed by atoms with van der Waals surface area (Å²) in [5, 5.41) is 15.9. The molecule has 2 saturated carbocycles. The van der Waals surface area contributed by atoms with Gasteiger partial charge in [0.05, 0.1) is 6.04 Å². The third kappa shape index (κ3) is 8.04. The fraction of sp³-hybridized carbons (Fsp3) is 0.636. The van der Waals surface area contributed by atoms with Crippen LogP contribution in [-0.4, -0.2) is 61.8 Å². The Balaban J connectivity index is 1.09. The minimum absolute atomic E-state index is 0.189. The number of aromatic nitrogens is 4. The van der Waals surface area contributed by atoms with Crippen LogP contribution in [0.5, 0.6) is 0 Å². The van der Waals surface area contributed by atoms with E-state index >= 15 is 0 Å². The first-order valence-corrected chi connectivity index (χ1v) is 17.6. The van der Waals surface area contributed by atoms with Gasteiger partial charge in [0.15, 0.2) is 0 Å². The Morgan fingerprint density at radius 1 is 1.02 bits per heavy atom. The van der Waals surface area contributed by atoms with Gasteiger partial charge in [-0.15, -0.1) is 11.3 Å². The maximum absolute atomic E-state index is 14.2. The molecule has 43 heavy (non-hydrogen) atoms. The van der Waals surface area contributed by atoms with Gasteiger partial charge >= 0.3 is 0 Å². The van der Waals surface area contributed by atoms with Crippen LogP contribution in [0.4, 0.5) is 0 Å². The summed E-state index contributed by atoms with van der Waals surface area (Å²) >= 11 is 7.90. The second-order valence-electron chi connectivity index (χ2n) is 13.0. The SMILES string of the molecule is O=C([C@@H](Cc1ccc(Cl)cc1)NC1CCC(NCc2nccs2)CC1)N1CCC(Cn2cncn2)(C2CCCCC2)CC1. The van der Waals surface area contributed by atoms with Gasteiger partial charge in [0.25, 0.3) is 0 Å². The zero-order valence-corrected chi connectivity index (χ0v) is 26.7. The van der Waals surface area contributed by atoms with Crippen molar-refractivity contribution in [2.45, 2.75) is 108 Å². The second kappa shape index (κ2) is 14.6. The van der Waals surface area contributed by atoms with E-state index in [2.05, 4.69) is 42.7 Å². The van der Waals surface area contributed by atoms with Crippen LogP contribution in [-0.2, 0) is 24.3 Å². The molecule has 0 spiro atoms. The molecule has 3 heterocycles. The molecule has 3 aliphatic rings. The number of thiazole rings is 1. The summed E-state index contributed by atoms with van der Waals surface area (Å²) in [6.45, 7) is 3.38. The maximum atomic E-state index is 14.2. The molecule has 1 aromatic carbocycles. The van der Waals surface area contributed by atoms with E-state index in [4.69, 9.17) is 11.6 Å². The summed E-state index contributed by atoms with van der Waals surface area (Å²) in [4.78, 5) is 25.0. The standard InChI is InChI=1S/C33H46ClN7OS/c34-27-8-6-25(7-9-27)20-30(39-29-12-10-28(11-13-29)37-21-31-36-16-19-43-31)32(42)40-17-14-33(15-18-40,22-41-24-35-23-38-41)26-4-2-1-3-5-26/h6-9,16,19,23-24,26,28-30,37,39H,1-5,10-15,17-18,20-22H2/t28?,29?,30-/m1/s1. The lowest BCUT2D eigenvalue weighted by atomic mass is 9.63. The second-order valence-corrected chi connectivity index (χ2v) is 14.4. The van der Waals surface area contributed by atoms with Crippen molar-refractivity contribution in [3.05, 3.63) is 64.1 Å². The van der Waals surface area contributed by atoms with Crippen molar-refractivity contribution in [1.82, 2.24) is 35.3 Å².